The summed E-state index contributed by atoms with van der Waals surface area (Å²) in [4.78, 5) is 0. The summed E-state index contributed by atoms with van der Waals surface area (Å²) in [5, 5.41) is 0. The Hall–Kier alpha value is -1.06. The predicted octanol–water partition coefficient (Wildman–Crippen LogP) is 2.67. The van der Waals surface area contributed by atoms with Crippen LogP contribution >= 0.6 is 0 Å². The maximum absolute atomic E-state index is 5.75. The highest BCUT2D eigenvalue weighted by Crippen LogP contribution is 2.32. The molecule has 0 saturated carbocycles. The van der Waals surface area contributed by atoms with Gasteiger partial charge >= 0.3 is 0 Å². The summed E-state index contributed by atoms with van der Waals surface area (Å²) in [5.74, 6) is 1.81. The molecule has 108 valence electrons. The van der Waals surface area contributed by atoms with E-state index in [0.717, 1.165) is 18.6 Å². The third kappa shape index (κ3) is 4.51. The van der Waals surface area contributed by atoms with E-state index in [0.29, 0.717) is 31.5 Å². The fourth-order valence-electron chi connectivity index (χ4n) is 2.41. The molecule has 0 heterocycles. The van der Waals surface area contributed by atoms with Gasteiger partial charge in [-0.25, -0.2) is 0 Å². The van der Waals surface area contributed by atoms with Crippen molar-refractivity contribution in [2.75, 3.05) is 19.7 Å². The van der Waals surface area contributed by atoms with E-state index < -0.39 is 0 Å². The smallest absolute Gasteiger partial charge is 0.122 e. The van der Waals surface area contributed by atoms with Crippen LogP contribution in [-0.4, -0.2) is 19.7 Å². The quantitative estimate of drug-likeness (QED) is 0.759. The zero-order valence-corrected chi connectivity index (χ0v) is 12.5. The van der Waals surface area contributed by atoms with E-state index in [2.05, 4.69) is 32.0 Å². The average Bonchev–Trinajstić information content (AvgIpc) is 2.45. The molecule has 1 atom stereocenters. The molecule has 1 aromatic rings. The fourth-order valence-corrected chi connectivity index (χ4v) is 2.41. The molecule has 0 aliphatic carbocycles. The van der Waals surface area contributed by atoms with Crippen LogP contribution in [0.1, 0.15) is 44.2 Å². The summed E-state index contributed by atoms with van der Waals surface area (Å²) >= 11 is 0. The first-order valence-electron chi connectivity index (χ1n) is 7.31. The van der Waals surface area contributed by atoms with Gasteiger partial charge in [0.25, 0.3) is 0 Å². The Labute approximate surface area is 117 Å². The Kier molecular flexibility index (Phi) is 6.89. The van der Waals surface area contributed by atoms with Gasteiger partial charge in [-0.15, -0.1) is 0 Å². The minimum atomic E-state index is 0.384. The summed E-state index contributed by atoms with van der Waals surface area (Å²) < 4.78 is 5.74. The molecule has 0 spiro atoms. The SMILES string of the molecule is CCOc1ccc(CC)cc1C(C)CC(CN)CN. The van der Waals surface area contributed by atoms with Crippen LogP contribution in [0.2, 0.25) is 0 Å². The molecule has 0 fully saturated rings. The van der Waals surface area contributed by atoms with Gasteiger partial charge in [0.05, 0.1) is 6.61 Å². The lowest BCUT2D eigenvalue weighted by Gasteiger charge is -2.21. The van der Waals surface area contributed by atoms with Gasteiger partial charge in [-0.2, -0.15) is 0 Å². The van der Waals surface area contributed by atoms with Crippen molar-refractivity contribution < 1.29 is 4.74 Å². The number of rotatable bonds is 8. The molecule has 4 N–H and O–H groups in total. The minimum Gasteiger partial charge on any atom is -0.494 e. The maximum atomic E-state index is 5.75. The van der Waals surface area contributed by atoms with Gasteiger partial charge in [-0.05, 0) is 61.9 Å². The normalized spacial score (nSPS) is 12.7. The van der Waals surface area contributed by atoms with Gasteiger partial charge in [-0.3, -0.25) is 0 Å². The fraction of sp³-hybridized carbons (Fsp3) is 0.625. The van der Waals surface area contributed by atoms with Crippen molar-refractivity contribution in [3.8, 4) is 5.75 Å². The first-order valence-corrected chi connectivity index (χ1v) is 7.31. The molecule has 0 aliphatic rings. The molecule has 3 heteroatoms. The van der Waals surface area contributed by atoms with Crippen molar-refractivity contribution in [1.29, 1.82) is 0 Å². The second kappa shape index (κ2) is 8.18. The molecule has 0 radical (unpaired) electrons. The molecule has 3 nitrogen and oxygen atoms in total. The molecule has 0 aliphatic heterocycles. The van der Waals surface area contributed by atoms with E-state index in [-0.39, 0.29) is 0 Å². The molecular formula is C16H28N2O. The van der Waals surface area contributed by atoms with Crippen LogP contribution in [0, 0.1) is 5.92 Å². The average molecular weight is 264 g/mol. The van der Waals surface area contributed by atoms with Crippen molar-refractivity contribution in [2.24, 2.45) is 17.4 Å². The van der Waals surface area contributed by atoms with Gasteiger partial charge in [0, 0.05) is 0 Å². The second-order valence-electron chi connectivity index (χ2n) is 5.13. The third-order valence-corrected chi connectivity index (χ3v) is 3.67. The van der Waals surface area contributed by atoms with Crippen molar-refractivity contribution in [1.82, 2.24) is 0 Å². The summed E-state index contributed by atoms with van der Waals surface area (Å²) in [6.45, 7) is 8.42. The van der Waals surface area contributed by atoms with Crippen LogP contribution in [0.3, 0.4) is 0 Å². The summed E-state index contributed by atoms with van der Waals surface area (Å²) in [5.41, 5.74) is 14.1. The largest absolute Gasteiger partial charge is 0.494 e. The summed E-state index contributed by atoms with van der Waals surface area (Å²) in [6, 6.07) is 6.50. The molecule has 19 heavy (non-hydrogen) atoms. The highest BCUT2D eigenvalue weighted by Gasteiger charge is 2.16. The van der Waals surface area contributed by atoms with Crippen LogP contribution in [0.15, 0.2) is 18.2 Å². The Morgan fingerprint density at radius 1 is 1.16 bits per heavy atom. The zero-order valence-electron chi connectivity index (χ0n) is 12.5. The monoisotopic (exact) mass is 264 g/mol. The Morgan fingerprint density at radius 2 is 1.84 bits per heavy atom. The van der Waals surface area contributed by atoms with Gasteiger partial charge in [0.15, 0.2) is 0 Å². The Morgan fingerprint density at radius 3 is 2.37 bits per heavy atom. The first-order chi connectivity index (χ1) is 9.15. The van der Waals surface area contributed by atoms with Crippen molar-refractivity contribution >= 4 is 0 Å². The molecule has 0 bridgehead atoms. The van der Waals surface area contributed by atoms with E-state index in [1.54, 1.807) is 0 Å². The summed E-state index contributed by atoms with van der Waals surface area (Å²) in [6.07, 6.45) is 2.06. The Bertz CT molecular complexity index is 375. The van der Waals surface area contributed by atoms with Crippen molar-refractivity contribution in [2.45, 2.75) is 39.5 Å². The molecule has 1 rings (SSSR count). The predicted molar refractivity (Wildman–Crippen MR) is 81.6 cm³/mol. The molecule has 0 saturated heterocycles. The number of nitrogens with two attached hydrogens (primary N) is 2. The van der Waals surface area contributed by atoms with Gasteiger partial charge < -0.3 is 16.2 Å². The van der Waals surface area contributed by atoms with Crippen molar-refractivity contribution in [3.63, 3.8) is 0 Å². The second-order valence-corrected chi connectivity index (χ2v) is 5.13. The van der Waals surface area contributed by atoms with Crippen LogP contribution in [0.25, 0.3) is 0 Å². The number of aryl methyl sites for hydroxylation is 1. The summed E-state index contributed by atoms with van der Waals surface area (Å²) in [7, 11) is 0. The van der Waals surface area contributed by atoms with Gasteiger partial charge in [0.1, 0.15) is 5.75 Å². The highest BCUT2D eigenvalue weighted by atomic mass is 16.5. The van der Waals surface area contributed by atoms with E-state index in [1.165, 1.54) is 11.1 Å². The highest BCUT2D eigenvalue weighted by molar-refractivity contribution is 5.39. The third-order valence-electron chi connectivity index (χ3n) is 3.67. The van der Waals surface area contributed by atoms with Crippen LogP contribution < -0.4 is 16.2 Å². The standard InChI is InChI=1S/C16H28N2O/c1-4-13-6-7-16(19-5-2)15(9-13)12(3)8-14(10-17)11-18/h6-7,9,12,14H,4-5,8,10-11,17-18H2,1-3H3. The molecule has 1 unspecified atom stereocenters. The van der Waals surface area contributed by atoms with Crippen LogP contribution in [0.4, 0.5) is 0 Å². The van der Waals surface area contributed by atoms with Crippen LogP contribution in [0.5, 0.6) is 5.75 Å². The number of ether oxygens (including phenoxy) is 1. The van der Waals surface area contributed by atoms with Crippen molar-refractivity contribution in [3.05, 3.63) is 29.3 Å². The lowest BCUT2D eigenvalue weighted by atomic mass is 9.88. The number of benzene rings is 1. The van der Waals surface area contributed by atoms with Gasteiger partial charge in [-0.1, -0.05) is 26.0 Å². The van der Waals surface area contributed by atoms with E-state index in [9.17, 15) is 0 Å². The number of hydrogen-bond donors (Lipinski definition) is 2. The zero-order chi connectivity index (χ0) is 14.3. The number of hydrogen-bond acceptors (Lipinski definition) is 3. The maximum Gasteiger partial charge on any atom is 0.122 e. The van der Waals surface area contributed by atoms with E-state index >= 15 is 0 Å². The topological polar surface area (TPSA) is 61.3 Å². The lowest BCUT2D eigenvalue weighted by molar-refractivity contribution is 0.331. The Balaban J connectivity index is 2.93. The van der Waals surface area contributed by atoms with E-state index in [4.69, 9.17) is 16.2 Å². The lowest BCUT2D eigenvalue weighted by Crippen LogP contribution is -2.24. The van der Waals surface area contributed by atoms with Gasteiger partial charge in [0.2, 0.25) is 0 Å². The van der Waals surface area contributed by atoms with E-state index in [1.807, 2.05) is 6.92 Å². The molecular weight excluding hydrogens is 236 g/mol. The minimum absolute atomic E-state index is 0.384. The molecule has 0 aromatic heterocycles. The first kappa shape index (κ1) is 16.0. The molecule has 0 amide bonds. The molecule has 1 aromatic carbocycles. The van der Waals surface area contributed by atoms with Crippen LogP contribution in [-0.2, 0) is 6.42 Å².